The molecule has 0 aromatic rings. The van der Waals surface area contributed by atoms with E-state index in [-0.39, 0.29) is 24.1 Å². The third-order valence-corrected chi connectivity index (χ3v) is 3.98. The van der Waals surface area contributed by atoms with E-state index in [4.69, 9.17) is 11.6 Å². The molecule has 0 bridgehead atoms. The fraction of sp³-hybridized carbons (Fsp3) is 0.889. The van der Waals surface area contributed by atoms with Gasteiger partial charge in [-0.15, -0.1) is 11.6 Å². The number of hydrogen-bond acceptors (Lipinski definition) is 3. The number of carbonyl (C=O) groups is 1. The molecule has 0 aromatic heterocycles. The zero-order chi connectivity index (χ0) is 12.0. The van der Waals surface area contributed by atoms with Crippen molar-refractivity contribution in [3.8, 4) is 0 Å². The van der Waals surface area contributed by atoms with Crippen LogP contribution >= 0.6 is 11.6 Å². The molecule has 2 N–H and O–H groups in total. The van der Waals surface area contributed by atoms with Gasteiger partial charge in [0.15, 0.2) is 0 Å². The molecule has 0 atom stereocenters. The lowest BCUT2D eigenvalue weighted by Crippen LogP contribution is -2.36. The normalized spacial score (nSPS) is 16.1. The van der Waals surface area contributed by atoms with Crippen LogP contribution in [-0.2, 0) is 14.8 Å². The number of rotatable bonds is 8. The van der Waals surface area contributed by atoms with Crippen LogP contribution in [0.25, 0.3) is 0 Å². The van der Waals surface area contributed by atoms with Gasteiger partial charge >= 0.3 is 0 Å². The number of sulfonamides is 1. The molecule has 16 heavy (non-hydrogen) atoms. The minimum Gasteiger partial charge on any atom is -0.355 e. The summed E-state index contributed by atoms with van der Waals surface area (Å²) in [5, 5.41) is 2.68. The standard InChI is InChI=1S/C9H17ClN2O3S/c10-4-1-7-16(14,15)12-6-5-11-9(13)8-2-3-8/h8,12H,1-7H2,(H,11,13). The highest BCUT2D eigenvalue weighted by Gasteiger charge is 2.29. The highest BCUT2D eigenvalue weighted by molar-refractivity contribution is 7.89. The van der Waals surface area contributed by atoms with Crippen molar-refractivity contribution in [3.63, 3.8) is 0 Å². The van der Waals surface area contributed by atoms with Gasteiger partial charge in [0.05, 0.1) is 5.75 Å². The van der Waals surface area contributed by atoms with E-state index in [0.717, 1.165) is 12.8 Å². The lowest BCUT2D eigenvalue weighted by Gasteiger charge is -2.06. The molecule has 0 radical (unpaired) electrons. The van der Waals surface area contributed by atoms with Crippen LogP contribution in [0.15, 0.2) is 0 Å². The van der Waals surface area contributed by atoms with Gasteiger partial charge in [-0.3, -0.25) is 4.79 Å². The Kier molecular flexibility index (Phi) is 5.51. The highest BCUT2D eigenvalue weighted by Crippen LogP contribution is 2.28. The van der Waals surface area contributed by atoms with Gasteiger partial charge < -0.3 is 5.32 Å². The maximum absolute atomic E-state index is 11.3. The number of amides is 1. The molecule has 0 aromatic carbocycles. The van der Waals surface area contributed by atoms with Gasteiger partial charge in [-0.25, -0.2) is 13.1 Å². The zero-order valence-corrected chi connectivity index (χ0v) is 10.6. The molecule has 7 heteroatoms. The molecule has 1 amide bonds. The predicted molar refractivity (Wildman–Crippen MR) is 62.9 cm³/mol. The summed E-state index contributed by atoms with van der Waals surface area (Å²) in [5.41, 5.74) is 0. The summed E-state index contributed by atoms with van der Waals surface area (Å²) in [6, 6.07) is 0. The topological polar surface area (TPSA) is 75.3 Å². The second-order valence-electron chi connectivity index (χ2n) is 3.82. The van der Waals surface area contributed by atoms with E-state index < -0.39 is 10.0 Å². The van der Waals surface area contributed by atoms with Crippen LogP contribution in [0.4, 0.5) is 0 Å². The van der Waals surface area contributed by atoms with Crippen molar-refractivity contribution in [2.45, 2.75) is 19.3 Å². The first-order valence-electron chi connectivity index (χ1n) is 5.36. The fourth-order valence-electron chi connectivity index (χ4n) is 1.20. The SMILES string of the molecule is O=C(NCCNS(=O)(=O)CCCCl)C1CC1. The molecule has 1 fully saturated rings. The molecule has 0 unspecified atom stereocenters. The molecule has 0 spiro atoms. The Hall–Kier alpha value is -0.330. The molecule has 1 aliphatic rings. The minimum atomic E-state index is -3.23. The zero-order valence-electron chi connectivity index (χ0n) is 9.04. The van der Waals surface area contributed by atoms with E-state index in [0.29, 0.717) is 18.8 Å². The summed E-state index contributed by atoms with van der Waals surface area (Å²) >= 11 is 5.40. The van der Waals surface area contributed by atoms with Crippen molar-refractivity contribution in [1.29, 1.82) is 0 Å². The largest absolute Gasteiger partial charge is 0.355 e. The highest BCUT2D eigenvalue weighted by atomic mass is 35.5. The molecule has 1 saturated carbocycles. The van der Waals surface area contributed by atoms with Crippen LogP contribution in [0.2, 0.25) is 0 Å². The molecule has 5 nitrogen and oxygen atoms in total. The van der Waals surface area contributed by atoms with Crippen molar-refractivity contribution < 1.29 is 13.2 Å². The van der Waals surface area contributed by atoms with Gasteiger partial charge in [0.25, 0.3) is 0 Å². The Morgan fingerprint density at radius 2 is 2.00 bits per heavy atom. The number of halogens is 1. The maximum Gasteiger partial charge on any atom is 0.223 e. The third kappa shape index (κ3) is 5.67. The molecule has 0 saturated heterocycles. The molecule has 1 rings (SSSR count). The quantitative estimate of drug-likeness (QED) is 0.483. The number of nitrogens with one attached hydrogen (secondary N) is 2. The van der Waals surface area contributed by atoms with Gasteiger partial charge in [0.2, 0.25) is 15.9 Å². The molecular weight excluding hydrogens is 252 g/mol. The van der Waals surface area contributed by atoms with Crippen LogP contribution in [0, 0.1) is 5.92 Å². The summed E-state index contributed by atoms with van der Waals surface area (Å²) in [6.45, 7) is 0.582. The lowest BCUT2D eigenvalue weighted by atomic mass is 10.4. The van der Waals surface area contributed by atoms with E-state index in [9.17, 15) is 13.2 Å². The van der Waals surface area contributed by atoms with Crippen molar-refractivity contribution in [3.05, 3.63) is 0 Å². The van der Waals surface area contributed by atoms with Gasteiger partial charge in [0, 0.05) is 24.9 Å². The van der Waals surface area contributed by atoms with E-state index in [2.05, 4.69) is 10.0 Å². The number of hydrogen-bond donors (Lipinski definition) is 2. The van der Waals surface area contributed by atoms with Crippen molar-refractivity contribution in [2.75, 3.05) is 24.7 Å². The van der Waals surface area contributed by atoms with E-state index in [1.807, 2.05) is 0 Å². The van der Waals surface area contributed by atoms with Gasteiger partial charge in [-0.1, -0.05) is 0 Å². The lowest BCUT2D eigenvalue weighted by molar-refractivity contribution is -0.122. The monoisotopic (exact) mass is 268 g/mol. The summed E-state index contributed by atoms with van der Waals surface area (Å²) in [6.07, 6.45) is 2.34. The molecule has 0 heterocycles. The predicted octanol–water partition coefficient (Wildman–Crippen LogP) is 0.0609. The molecule has 0 aliphatic heterocycles. The smallest absolute Gasteiger partial charge is 0.223 e. The van der Waals surface area contributed by atoms with E-state index >= 15 is 0 Å². The second kappa shape index (κ2) is 6.42. The summed E-state index contributed by atoms with van der Waals surface area (Å²) in [5.74, 6) is 0.555. The maximum atomic E-state index is 11.3. The second-order valence-corrected chi connectivity index (χ2v) is 6.13. The van der Waals surface area contributed by atoms with Crippen LogP contribution in [-0.4, -0.2) is 39.0 Å². The van der Waals surface area contributed by atoms with Gasteiger partial charge in [-0.05, 0) is 19.3 Å². The first kappa shape index (κ1) is 13.7. The minimum absolute atomic E-state index is 0.0277. The average molecular weight is 269 g/mol. The van der Waals surface area contributed by atoms with Crippen LogP contribution in [0.1, 0.15) is 19.3 Å². The summed E-state index contributed by atoms with van der Waals surface area (Å²) < 4.78 is 25.0. The van der Waals surface area contributed by atoms with Crippen LogP contribution in [0.3, 0.4) is 0 Å². The molecular formula is C9H17ClN2O3S. The first-order chi connectivity index (χ1) is 7.55. The van der Waals surface area contributed by atoms with Crippen molar-refractivity contribution in [1.82, 2.24) is 10.0 Å². The Balaban J connectivity index is 2.07. The van der Waals surface area contributed by atoms with E-state index in [1.54, 1.807) is 0 Å². The molecule has 1 aliphatic carbocycles. The average Bonchev–Trinajstić information content (AvgIpc) is 3.05. The molecule has 94 valence electrons. The van der Waals surface area contributed by atoms with Gasteiger partial charge in [0.1, 0.15) is 0 Å². The van der Waals surface area contributed by atoms with Crippen molar-refractivity contribution >= 4 is 27.5 Å². The van der Waals surface area contributed by atoms with E-state index in [1.165, 1.54) is 0 Å². The third-order valence-electron chi connectivity index (χ3n) is 2.24. The Morgan fingerprint density at radius 3 is 2.56 bits per heavy atom. The first-order valence-corrected chi connectivity index (χ1v) is 7.55. The van der Waals surface area contributed by atoms with Crippen molar-refractivity contribution in [2.24, 2.45) is 5.92 Å². The van der Waals surface area contributed by atoms with Crippen LogP contribution in [0.5, 0.6) is 0 Å². The van der Waals surface area contributed by atoms with Crippen LogP contribution < -0.4 is 10.0 Å². The Bertz CT molecular complexity index is 328. The summed E-state index contributed by atoms with van der Waals surface area (Å²) in [4.78, 5) is 11.2. The van der Waals surface area contributed by atoms with Gasteiger partial charge in [-0.2, -0.15) is 0 Å². The Labute approximate surface area is 101 Å². The number of alkyl halides is 1. The Morgan fingerprint density at radius 1 is 1.31 bits per heavy atom. The fourth-order valence-corrected chi connectivity index (χ4v) is 2.57. The summed E-state index contributed by atoms with van der Waals surface area (Å²) in [7, 11) is -3.23. The number of carbonyl (C=O) groups excluding carboxylic acids is 1.